The summed E-state index contributed by atoms with van der Waals surface area (Å²) < 4.78 is 5.39. The van der Waals surface area contributed by atoms with Gasteiger partial charge < -0.3 is 9.84 Å². The summed E-state index contributed by atoms with van der Waals surface area (Å²) in [7, 11) is 0. The summed E-state index contributed by atoms with van der Waals surface area (Å²) in [5.74, 6) is -0.521. The normalized spacial score (nSPS) is 10.6. The quantitative estimate of drug-likeness (QED) is 0.285. The van der Waals surface area contributed by atoms with Crippen LogP contribution in [-0.4, -0.2) is 17.0 Å². The van der Waals surface area contributed by atoms with E-state index in [1.54, 1.807) is 24.3 Å². The number of aryl methyl sites for hydroxylation is 2. The Kier molecular flexibility index (Phi) is 9.26. The van der Waals surface area contributed by atoms with Gasteiger partial charge in [-0.3, -0.25) is 4.79 Å². The Morgan fingerprint density at radius 1 is 0.857 bits per heavy atom. The molecule has 0 fully saturated rings. The van der Waals surface area contributed by atoms with Crippen LogP contribution < -0.4 is 4.74 Å². The van der Waals surface area contributed by atoms with Crippen LogP contribution in [-0.2, 0) is 17.6 Å². The highest BCUT2D eigenvalue weighted by Gasteiger charge is 2.09. The van der Waals surface area contributed by atoms with Gasteiger partial charge in [0.25, 0.3) is 0 Å². The fourth-order valence-corrected chi connectivity index (χ4v) is 3.18. The lowest BCUT2D eigenvalue weighted by Crippen LogP contribution is -2.07. The van der Waals surface area contributed by atoms with E-state index in [2.05, 4.69) is 6.92 Å². The van der Waals surface area contributed by atoms with Crippen LogP contribution in [0, 0.1) is 0 Å². The first-order valence-corrected chi connectivity index (χ1v) is 10.2. The lowest BCUT2D eigenvalue weighted by molar-refractivity contribution is -0.134. The molecule has 0 aliphatic carbocycles. The van der Waals surface area contributed by atoms with Gasteiger partial charge in [0.1, 0.15) is 5.75 Å². The molecule has 2 aromatic rings. The number of carbonyl (C=O) groups is 2. The fourth-order valence-electron chi connectivity index (χ4n) is 3.18. The first kappa shape index (κ1) is 21.7. The number of hydrogen-bond donors (Lipinski definition) is 1. The third kappa shape index (κ3) is 7.55. The molecule has 1 N–H and O–H groups in total. The summed E-state index contributed by atoms with van der Waals surface area (Å²) in [6.07, 6.45) is 8.71. The number of hydrogen-bond acceptors (Lipinski definition) is 3. The van der Waals surface area contributed by atoms with Crippen molar-refractivity contribution in [3.05, 3.63) is 65.2 Å². The predicted molar refractivity (Wildman–Crippen MR) is 111 cm³/mol. The first-order chi connectivity index (χ1) is 13.6. The van der Waals surface area contributed by atoms with Gasteiger partial charge in [-0.15, -0.1) is 0 Å². The number of benzene rings is 2. The minimum atomic E-state index is -0.900. The number of ether oxygens (including phenoxy) is 1. The van der Waals surface area contributed by atoms with Crippen molar-refractivity contribution >= 4 is 11.9 Å². The van der Waals surface area contributed by atoms with Crippen molar-refractivity contribution in [2.24, 2.45) is 0 Å². The van der Waals surface area contributed by atoms with Crippen LogP contribution >= 0.6 is 0 Å². The van der Waals surface area contributed by atoms with E-state index in [9.17, 15) is 14.7 Å². The molecule has 0 heterocycles. The third-order valence-electron chi connectivity index (χ3n) is 4.82. The second-order valence-electron chi connectivity index (χ2n) is 7.10. The van der Waals surface area contributed by atoms with Crippen LogP contribution in [0.2, 0.25) is 0 Å². The van der Waals surface area contributed by atoms with Gasteiger partial charge in [-0.2, -0.15) is 0 Å². The molecule has 0 aromatic heterocycles. The standard InChI is InChI=1S/C24H30O4/c1-2-3-4-5-6-7-12-23(25)28-21-17-14-19(15-18-21)13-16-20-10-8-9-11-22(20)24(26)27/h8-11,14-15,17-18H,2-7,12-13,16H2,1H3,(H,26,27). The Morgan fingerprint density at radius 2 is 1.54 bits per heavy atom. The maximum atomic E-state index is 11.9. The Morgan fingerprint density at radius 3 is 2.25 bits per heavy atom. The highest BCUT2D eigenvalue weighted by molar-refractivity contribution is 5.89. The van der Waals surface area contributed by atoms with E-state index in [0.717, 1.165) is 30.4 Å². The van der Waals surface area contributed by atoms with Gasteiger partial charge in [-0.1, -0.05) is 69.4 Å². The first-order valence-electron chi connectivity index (χ1n) is 10.2. The number of rotatable bonds is 12. The van der Waals surface area contributed by atoms with Crippen molar-refractivity contribution in [2.75, 3.05) is 0 Å². The summed E-state index contributed by atoms with van der Waals surface area (Å²) in [6, 6.07) is 14.5. The summed E-state index contributed by atoms with van der Waals surface area (Å²) in [4.78, 5) is 23.2. The van der Waals surface area contributed by atoms with E-state index in [1.807, 2.05) is 24.3 Å². The lowest BCUT2D eigenvalue weighted by Gasteiger charge is -2.08. The number of carboxylic acids is 1. The molecular weight excluding hydrogens is 352 g/mol. The zero-order chi connectivity index (χ0) is 20.2. The van der Waals surface area contributed by atoms with Crippen LogP contribution in [0.3, 0.4) is 0 Å². The molecule has 0 amide bonds. The molecule has 4 heteroatoms. The van der Waals surface area contributed by atoms with E-state index in [-0.39, 0.29) is 5.97 Å². The largest absolute Gasteiger partial charge is 0.478 e. The molecule has 0 saturated heterocycles. The summed E-state index contributed by atoms with van der Waals surface area (Å²) >= 11 is 0. The summed E-state index contributed by atoms with van der Waals surface area (Å²) in [5.41, 5.74) is 2.25. The van der Waals surface area contributed by atoms with Gasteiger partial charge in [-0.05, 0) is 48.6 Å². The maximum absolute atomic E-state index is 11.9. The number of carbonyl (C=O) groups excluding carboxylic acids is 1. The topological polar surface area (TPSA) is 63.6 Å². The molecular formula is C24H30O4. The van der Waals surface area contributed by atoms with Gasteiger partial charge in [0.15, 0.2) is 0 Å². The van der Waals surface area contributed by atoms with Gasteiger partial charge in [0, 0.05) is 6.42 Å². The van der Waals surface area contributed by atoms with Crippen LogP contribution in [0.25, 0.3) is 0 Å². The average molecular weight is 383 g/mol. The van der Waals surface area contributed by atoms with Crippen molar-refractivity contribution in [3.8, 4) is 5.75 Å². The number of esters is 1. The predicted octanol–water partition coefficient (Wildman–Crippen LogP) is 5.83. The van der Waals surface area contributed by atoms with E-state index in [0.29, 0.717) is 24.2 Å². The molecule has 4 nitrogen and oxygen atoms in total. The van der Waals surface area contributed by atoms with Gasteiger partial charge in [0.05, 0.1) is 5.56 Å². The van der Waals surface area contributed by atoms with E-state index < -0.39 is 5.97 Å². The van der Waals surface area contributed by atoms with Crippen LogP contribution in [0.4, 0.5) is 0 Å². The number of aromatic carboxylic acids is 1. The average Bonchev–Trinajstić information content (AvgIpc) is 2.70. The van der Waals surface area contributed by atoms with E-state index in [4.69, 9.17) is 4.74 Å². The van der Waals surface area contributed by atoms with Crippen molar-refractivity contribution in [1.29, 1.82) is 0 Å². The van der Waals surface area contributed by atoms with E-state index >= 15 is 0 Å². The molecule has 0 saturated carbocycles. The number of unbranched alkanes of at least 4 members (excludes halogenated alkanes) is 5. The Labute approximate surface area is 167 Å². The highest BCUT2D eigenvalue weighted by atomic mass is 16.5. The Hall–Kier alpha value is -2.62. The van der Waals surface area contributed by atoms with Crippen molar-refractivity contribution < 1.29 is 19.4 Å². The van der Waals surface area contributed by atoms with Crippen LogP contribution in [0.1, 0.15) is 73.4 Å². The zero-order valence-corrected chi connectivity index (χ0v) is 16.7. The van der Waals surface area contributed by atoms with Gasteiger partial charge in [0.2, 0.25) is 0 Å². The molecule has 0 spiro atoms. The van der Waals surface area contributed by atoms with Crippen molar-refractivity contribution in [1.82, 2.24) is 0 Å². The zero-order valence-electron chi connectivity index (χ0n) is 16.7. The smallest absolute Gasteiger partial charge is 0.335 e. The van der Waals surface area contributed by atoms with Crippen LogP contribution in [0.15, 0.2) is 48.5 Å². The second-order valence-corrected chi connectivity index (χ2v) is 7.10. The molecule has 0 bridgehead atoms. The SMILES string of the molecule is CCCCCCCCC(=O)Oc1ccc(CCc2ccccc2C(=O)O)cc1. The third-order valence-corrected chi connectivity index (χ3v) is 4.82. The monoisotopic (exact) mass is 382 g/mol. The van der Waals surface area contributed by atoms with Gasteiger partial charge in [-0.25, -0.2) is 4.79 Å². The molecule has 150 valence electrons. The molecule has 0 aliphatic rings. The molecule has 0 radical (unpaired) electrons. The highest BCUT2D eigenvalue weighted by Crippen LogP contribution is 2.17. The minimum Gasteiger partial charge on any atom is -0.478 e. The molecule has 2 aromatic carbocycles. The molecule has 0 aliphatic heterocycles. The number of carboxylic acid groups (broad SMARTS) is 1. The van der Waals surface area contributed by atoms with Crippen LogP contribution in [0.5, 0.6) is 5.75 Å². The van der Waals surface area contributed by atoms with Crippen molar-refractivity contribution in [2.45, 2.75) is 64.7 Å². The Bertz CT molecular complexity index is 749. The minimum absolute atomic E-state index is 0.182. The van der Waals surface area contributed by atoms with Crippen molar-refractivity contribution in [3.63, 3.8) is 0 Å². The molecule has 0 atom stereocenters. The lowest BCUT2D eigenvalue weighted by atomic mass is 10.00. The molecule has 0 unspecified atom stereocenters. The molecule has 2 rings (SSSR count). The maximum Gasteiger partial charge on any atom is 0.335 e. The fraction of sp³-hybridized carbons (Fsp3) is 0.417. The van der Waals surface area contributed by atoms with E-state index in [1.165, 1.54) is 25.7 Å². The summed E-state index contributed by atoms with van der Waals surface area (Å²) in [5, 5.41) is 9.25. The molecule has 28 heavy (non-hydrogen) atoms. The summed E-state index contributed by atoms with van der Waals surface area (Å²) in [6.45, 7) is 2.19. The Balaban J connectivity index is 1.76. The second kappa shape index (κ2) is 12.0. The van der Waals surface area contributed by atoms with Gasteiger partial charge >= 0.3 is 11.9 Å².